The van der Waals surface area contributed by atoms with Gasteiger partial charge in [-0.05, 0) is 19.3 Å². The Hall–Kier alpha value is -1.24. The van der Waals surface area contributed by atoms with E-state index in [2.05, 4.69) is 16.9 Å². The number of hydrogen-bond acceptors (Lipinski definition) is 4. The van der Waals surface area contributed by atoms with Crippen molar-refractivity contribution >= 4 is 12.2 Å². The molecule has 0 aromatic carbocycles. The minimum atomic E-state index is 0.0190. The van der Waals surface area contributed by atoms with E-state index in [0.29, 0.717) is 6.42 Å². The molecule has 0 rings (SSSR count). The molecule has 0 bridgehead atoms. The van der Waals surface area contributed by atoms with Crippen LogP contribution in [0.5, 0.6) is 0 Å². The maximum atomic E-state index is 10.1. The average molecular weight is 195 g/mol. The molecule has 0 amide bonds. The first kappa shape index (κ1) is 12.8. The van der Waals surface area contributed by atoms with Gasteiger partial charge in [0.2, 0.25) is 12.2 Å². The Morgan fingerprint density at radius 3 is 2.64 bits per heavy atom. The highest BCUT2D eigenvalue weighted by atomic mass is 16.1. The number of unbranched alkanes of at least 4 members (excludes halogenated alkanes) is 1. The molecule has 1 radical (unpaired) electrons. The van der Waals surface area contributed by atoms with Gasteiger partial charge >= 0.3 is 0 Å². The zero-order valence-electron chi connectivity index (χ0n) is 8.40. The number of rotatable bonds is 8. The van der Waals surface area contributed by atoms with Crippen LogP contribution in [0.2, 0.25) is 0 Å². The number of hydrogen-bond donors (Lipinski definition) is 0. The summed E-state index contributed by atoms with van der Waals surface area (Å²) in [5.41, 5.74) is 0. The number of isocyanates is 2. The molecule has 0 aromatic rings. The fraction of sp³-hybridized carbons (Fsp3) is 0.700. The summed E-state index contributed by atoms with van der Waals surface area (Å²) in [6.07, 6.45) is 7.41. The zero-order valence-corrected chi connectivity index (χ0v) is 8.40. The molecule has 4 heteroatoms. The molecular formula is C10H15N2O2. The van der Waals surface area contributed by atoms with E-state index in [-0.39, 0.29) is 6.04 Å². The molecule has 77 valence electrons. The molecule has 0 aliphatic heterocycles. The molecule has 4 nitrogen and oxygen atoms in total. The van der Waals surface area contributed by atoms with Gasteiger partial charge in [0.05, 0.1) is 12.6 Å². The van der Waals surface area contributed by atoms with Gasteiger partial charge in [-0.2, -0.15) is 0 Å². The smallest absolute Gasteiger partial charge is 0.211 e. The van der Waals surface area contributed by atoms with Crippen LogP contribution in [0.25, 0.3) is 0 Å². The number of carbonyl (C=O) groups excluding carboxylic acids is 2. The molecule has 0 aromatic heterocycles. The molecule has 0 aliphatic rings. The summed E-state index contributed by atoms with van der Waals surface area (Å²) in [4.78, 5) is 26.8. The van der Waals surface area contributed by atoms with Gasteiger partial charge in [-0.3, -0.25) is 0 Å². The third-order valence-corrected chi connectivity index (χ3v) is 1.90. The summed E-state index contributed by atoms with van der Waals surface area (Å²) in [5.74, 6) is 0. The van der Waals surface area contributed by atoms with Crippen LogP contribution in [-0.2, 0) is 9.59 Å². The lowest BCUT2D eigenvalue weighted by atomic mass is 10.1. The topological polar surface area (TPSA) is 58.9 Å². The molecule has 14 heavy (non-hydrogen) atoms. The van der Waals surface area contributed by atoms with Crippen molar-refractivity contribution in [1.82, 2.24) is 0 Å². The van der Waals surface area contributed by atoms with E-state index in [4.69, 9.17) is 0 Å². The lowest BCUT2D eigenvalue weighted by Crippen LogP contribution is -2.03. The lowest BCUT2D eigenvalue weighted by molar-refractivity contribution is 0.520. The van der Waals surface area contributed by atoms with E-state index in [1.165, 1.54) is 12.6 Å². The van der Waals surface area contributed by atoms with E-state index < -0.39 is 0 Å². The van der Waals surface area contributed by atoms with Crippen molar-refractivity contribution < 1.29 is 9.59 Å². The maximum absolute atomic E-state index is 10.1. The van der Waals surface area contributed by atoms with Gasteiger partial charge in [-0.25, -0.2) is 19.6 Å². The normalized spacial score (nSPS) is 11.2. The Balaban J connectivity index is 3.71. The van der Waals surface area contributed by atoms with Crippen molar-refractivity contribution in [2.75, 3.05) is 0 Å². The van der Waals surface area contributed by atoms with Gasteiger partial charge in [0.15, 0.2) is 0 Å². The van der Waals surface area contributed by atoms with Crippen LogP contribution in [0.15, 0.2) is 9.98 Å². The van der Waals surface area contributed by atoms with Crippen molar-refractivity contribution in [2.24, 2.45) is 9.98 Å². The van der Waals surface area contributed by atoms with Gasteiger partial charge < -0.3 is 0 Å². The molecule has 1 atom stereocenters. The number of aliphatic imine (C=N–C) groups is 2. The molecule has 0 spiro atoms. The van der Waals surface area contributed by atoms with Gasteiger partial charge in [0.1, 0.15) is 0 Å². The Morgan fingerprint density at radius 2 is 2.07 bits per heavy atom. The minimum absolute atomic E-state index is 0.0190. The van der Waals surface area contributed by atoms with Gasteiger partial charge in [-0.1, -0.05) is 19.8 Å². The second kappa shape index (κ2) is 9.85. The summed E-state index contributed by atoms with van der Waals surface area (Å²) in [6, 6.07) is 0.0190. The van der Waals surface area contributed by atoms with E-state index in [0.717, 1.165) is 25.7 Å². The molecule has 0 N–H and O–H groups in total. The predicted molar refractivity (Wildman–Crippen MR) is 53.1 cm³/mol. The van der Waals surface area contributed by atoms with Crippen molar-refractivity contribution in [3.8, 4) is 0 Å². The third-order valence-electron chi connectivity index (χ3n) is 1.90. The van der Waals surface area contributed by atoms with Crippen LogP contribution in [0, 0.1) is 6.54 Å². The van der Waals surface area contributed by atoms with Crippen molar-refractivity contribution in [3.05, 3.63) is 6.54 Å². The van der Waals surface area contributed by atoms with Gasteiger partial charge in [0, 0.05) is 0 Å². The van der Waals surface area contributed by atoms with Crippen molar-refractivity contribution in [1.29, 1.82) is 0 Å². The SMILES string of the molecule is CCCCC(CC[CH]N=C=O)N=C=O. The van der Waals surface area contributed by atoms with Crippen LogP contribution in [0.3, 0.4) is 0 Å². The maximum Gasteiger partial charge on any atom is 0.235 e. The van der Waals surface area contributed by atoms with Gasteiger partial charge in [-0.15, -0.1) is 0 Å². The Bertz CT molecular complexity index is 228. The van der Waals surface area contributed by atoms with E-state index >= 15 is 0 Å². The van der Waals surface area contributed by atoms with E-state index in [1.54, 1.807) is 6.08 Å². The first-order valence-corrected chi connectivity index (χ1v) is 4.80. The highest BCUT2D eigenvalue weighted by Crippen LogP contribution is 2.11. The second-order valence-corrected chi connectivity index (χ2v) is 3.00. The van der Waals surface area contributed by atoms with Crippen molar-refractivity contribution in [2.45, 2.75) is 45.1 Å². The minimum Gasteiger partial charge on any atom is -0.211 e. The quantitative estimate of drug-likeness (QED) is 0.338. The molecule has 0 aliphatic carbocycles. The summed E-state index contributed by atoms with van der Waals surface area (Å²) < 4.78 is 0. The van der Waals surface area contributed by atoms with Crippen LogP contribution < -0.4 is 0 Å². The van der Waals surface area contributed by atoms with Crippen LogP contribution in [-0.4, -0.2) is 18.2 Å². The van der Waals surface area contributed by atoms with E-state index in [1.807, 2.05) is 0 Å². The fourth-order valence-electron chi connectivity index (χ4n) is 1.16. The largest absolute Gasteiger partial charge is 0.235 e. The summed E-state index contributed by atoms with van der Waals surface area (Å²) in [6.45, 7) is 3.58. The molecule has 0 saturated carbocycles. The number of nitrogens with zero attached hydrogens (tertiary/aromatic N) is 2. The summed E-state index contributed by atoms with van der Waals surface area (Å²) >= 11 is 0. The lowest BCUT2D eigenvalue weighted by Gasteiger charge is -2.07. The second-order valence-electron chi connectivity index (χ2n) is 3.00. The van der Waals surface area contributed by atoms with Crippen LogP contribution in [0.1, 0.15) is 39.0 Å². The van der Waals surface area contributed by atoms with Gasteiger partial charge in [0.25, 0.3) is 0 Å². The average Bonchev–Trinajstić information content (AvgIpc) is 2.20. The predicted octanol–water partition coefficient (Wildman–Crippen LogP) is 2.16. The highest BCUT2D eigenvalue weighted by molar-refractivity contribution is 5.34. The first-order valence-electron chi connectivity index (χ1n) is 4.80. The molecule has 0 heterocycles. The Kier molecular flexibility index (Phi) is 8.97. The summed E-state index contributed by atoms with van der Waals surface area (Å²) in [7, 11) is 0. The monoisotopic (exact) mass is 195 g/mol. The first-order chi connectivity index (χ1) is 6.85. The molecule has 0 saturated heterocycles. The molecule has 0 fully saturated rings. The summed E-state index contributed by atoms with van der Waals surface area (Å²) in [5, 5.41) is 0. The Morgan fingerprint density at radius 1 is 1.29 bits per heavy atom. The highest BCUT2D eigenvalue weighted by Gasteiger charge is 2.05. The van der Waals surface area contributed by atoms with Crippen molar-refractivity contribution in [3.63, 3.8) is 0 Å². The zero-order chi connectivity index (χ0) is 10.6. The molecular weight excluding hydrogens is 180 g/mol. The van der Waals surface area contributed by atoms with Crippen LogP contribution in [0.4, 0.5) is 0 Å². The molecule has 1 unspecified atom stereocenters. The third kappa shape index (κ3) is 7.41. The standard InChI is InChI=1S/C10H15N2O2/c1-2-3-5-10(12-9-14)6-4-7-11-8-13/h7,10H,2-6H2,1H3. The Labute approximate surface area is 84.1 Å². The fourth-order valence-corrected chi connectivity index (χ4v) is 1.16. The van der Waals surface area contributed by atoms with Crippen LogP contribution >= 0.6 is 0 Å². The van der Waals surface area contributed by atoms with E-state index in [9.17, 15) is 9.59 Å².